The Morgan fingerprint density at radius 1 is 1.02 bits per heavy atom. The molecule has 2 aromatic carbocycles. The molecule has 3 N–H and O–H groups in total. The summed E-state index contributed by atoms with van der Waals surface area (Å²) < 4.78 is 10.8. The van der Waals surface area contributed by atoms with E-state index in [2.05, 4.69) is 35.2 Å². The van der Waals surface area contributed by atoms with Crippen LogP contribution in [0.15, 0.2) is 42.5 Å². The van der Waals surface area contributed by atoms with Crippen molar-refractivity contribution in [3.05, 3.63) is 59.2 Å². The number of Topliss-reactive ketones (excluding diaryl/α,β-unsaturated/α-hetero) is 1. The molecule has 0 aromatic heterocycles. The van der Waals surface area contributed by atoms with Crippen molar-refractivity contribution in [3.63, 3.8) is 0 Å². The van der Waals surface area contributed by atoms with Gasteiger partial charge in [-0.1, -0.05) is 49.6 Å². The second-order valence-corrected chi connectivity index (χ2v) is 11.9. The third kappa shape index (κ3) is 7.64. The van der Waals surface area contributed by atoms with Gasteiger partial charge in [-0.25, -0.2) is 0 Å². The lowest BCUT2D eigenvalue weighted by Crippen LogP contribution is -2.34. The summed E-state index contributed by atoms with van der Waals surface area (Å²) in [5, 5.41) is 8.71. The van der Waals surface area contributed by atoms with Crippen molar-refractivity contribution in [1.29, 1.82) is 0 Å². The van der Waals surface area contributed by atoms with Crippen molar-refractivity contribution in [1.82, 2.24) is 4.90 Å². The molecule has 1 saturated carbocycles. The molecule has 218 valence electrons. The second kappa shape index (κ2) is 14.1. The fourth-order valence-electron chi connectivity index (χ4n) is 6.79. The Hall–Kier alpha value is -2.90. The fraction of sp³-hybridized carbons (Fsp3) is 0.576. The highest BCUT2D eigenvalue weighted by Gasteiger charge is 2.35. The Morgan fingerprint density at radius 2 is 1.68 bits per heavy atom. The molecule has 0 amide bonds. The first-order chi connectivity index (χ1) is 19.4. The Labute approximate surface area is 239 Å². The quantitative estimate of drug-likeness (QED) is 0.411. The smallest absolute Gasteiger partial charge is 0.303 e. The molecule has 7 heteroatoms. The van der Waals surface area contributed by atoms with Crippen LogP contribution in [0.1, 0.15) is 79.3 Å². The Morgan fingerprint density at radius 3 is 2.27 bits per heavy atom. The van der Waals surface area contributed by atoms with Crippen molar-refractivity contribution < 1.29 is 24.2 Å². The van der Waals surface area contributed by atoms with Crippen LogP contribution >= 0.6 is 0 Å². The van der Waals surface area contributed by atoms with Gasteiger partial charge in [-0.15, -0.1) is 0 Å². The molecule has 5 rings (SSSR count). The number of ether oxygens (including phenoxy) is 2. The first-order valence-corrected chi connectivity index (χ1v) is 14.8. The normalized spacial score (nSPS) is 20.8. The zero-order valence-electron chi connectivity index (χ0n) is 24.2. The van der Waals surface area contributed by atoms with E-state index >= 15 is 0 Å². The molecule has 7 nitrogen and oxygen atoms in total. The van der Waals surface area contributed by atoms with Crippen LogP contribution in [0.5, 0.6) is 11.5 Å². The predicted octanol–water partition coefficient (Wildman–Crippen LogP) is 5.73. The van der Waals surface area contributed by atoms with Gasteiger partial charge in [0.25, 0.3) is 0 Å². The zero-order chi connectivity index (χ0) is 28.5. The summed E-state index contributed by atoms with van der Waals surface area (Å²) in [7, 11) is 3.26. The van der Waals surface area contributed by atoms with Crippen molar-refractivity contribution in [2.24, 2.45) is 23.0 Å². The average Bonchev–Trinajstić information content (AvgIpc) is 3.27. The number of hydrogen-bond donors (Lipinski definition) is 2. The molecule has 1 saturated heterocycles. The molecular formula is C33H46N2O5. The lowest BCUT2D eigenvalue weighted by Gasteiger charge is -2.34. The van der Waals surface area contributed by atoms with Crippen molar-refractivity contribution >= 4 is 11.8 Å². The van der Waals surface area contributed by atoms with E-state index in [0.717, 1.165) is 69.3 Å². The van der Waals surface area contributed by atoms with Crippen LogP contribution in [0.2, 0.25) is 0 Å². The number of aliphatic carboxylic acids is 1. The molecule has 3 aliphatic rings. The highest BCUT2D eigenvalue weighted by Crippen LogP contribution is 2.40. The third-order valence-corrected chi connectivity index (χ3v) is 9.16. The van der Waals surface area contributed by atoms with Crippen LogP contribution in [0.4, 0.5) is 0 Å². The maximum Gasteiger partial charge on any atom is 0.303 e. The maximum atomic E-state index is 12.9. The largest absolute Gasteiger partial charge is 0.493 e. The maximum absolute atomic E-state index is 12.9. The molecular weight excluding hydrogens is 504 g/mol. The number of ketones is 1. The van der Waals surface area contributed by atoms with Gasteiger partial charge in [-0.2, -0.15) is 0 Å². The highest BCUT2D eigenvalue weighted by molar-refractivity contribution is 6.02. The monoisotopic (exact) mass is 550 g/mol. The van der Waals surface area contributed by atoms with Gasteiger partial charge >= 0.3 is 5.97 Å². The number of hydrogen-bond acceptors (Lipinski definition) is 6. The van der Waals surface area contributed by atoms with Gasteiger partial charge in [0.05, 0.1) is 20.6 Å². The van der Waals surface area contributed by atoms with Crippen LogP contribution in [-0.2, 0) is 17.8 Å². The van der Waals surface area contributed by atoms with E-state index in [0.29, 0.717) is 24.0 Å². The van der Waals surface area contributed by atoms with Crippen LogP contribution in [-0.4, -0.2) is 55.6 Å². The number of rotatable bonds is 9. The minimum atomic E-state index is -0.706. The number of methoxy groups -OCH3 is 2. The van der Waals surface area contributed by atoms with Gasteiger partial charge in [-0.3, -0.25) is 14.5 Å². The van der Waals surface area contributed by atoms with Gasteiger partial charge in [0.15, 0.2) is 17.3 Å². The summed E-state index contributed by atoms with van der Waals surface area (Å²) in [4.78, 5) is 26.0. The summed E-state index contributed by atoms with van der Waals surface area (Å²) in [5.74, 6) is 1.68. The van der Waals surface area contributed by atoms with E-state index in [-0.39, 0.29) is 23.5 Å². The topological polar surface area (TPSA) is 102 Å². The molecule has 0 bridgehead atoms. The van der Waals surface area contributed by atoms with Crippen LogP contribution in [0.3, 0.4) is 0 Å². The SMILES string of the molecule is COc1cc2c(cc1OC)C(=O)C(CC1CCN(Cc3ccccc3)CC1)C2.NCC1(CC(=O)O)CCCCC1. The van der Waals surface area contributed by atoms with E-state index in [1.54, 1.807) is 14.2 Å². The number of nitrogens with two attached hydrogens (primary N) is 1. The van der Waals surface area contributed by atoms with Crippen molar-refractivity contribution in [2.45, 2.75) is 70.8 Å². The molecule has 2 fully saturated rings. The molecule has 2 aliphatic carbocycles. The lowest BCUT2D eigenvalue weighted by molar-refractivity contribution is -0.140. The Kier molecular flexibility index (Phi) is 10.6. The number of piperidine rings is 1. The molecule has 1 atom stereocenters. The molecule has 1 unspecified atom stereocenters. The number of benzene rings is 2. The number of nitrogens with zero attached hydrogens (tertiary/aromatic N) is 1. The van der Waals surface area contributed by atoms with E-state index in [1.807, 2.05) is 12.1 Å². The summed E-state index contributed by atoms with van der Waals surface area (Å²) in [6, 6.07) is 14.5. The molecule has 1 heterocycles. The average molecular weight is 551 g/mol. The van der Waals surface area contributed by atoms with E-state index in [4.69, 9.17) is 20.3 Å². The van der Waals surface area contributed by atoms with Crippen LogP contribution in [0, 0.1) is 17.3 Å². The number of carbonyl (C=O) groups excluding carboxylic acids is 1. The first kappa shape index (κ1) is 30.1. The van der Waals surface area contributed by atoms with Gasteiger partial charge in [-0.05, 0) is 92.8 Å². The van der Waals surface area contributed by atoms with E-state index in [1.165, 1.54) is 24.8 Å². The number of carboxylic acids is 1. The predicted molar refractivity (Wildman–Crippen MR) is 157 cm³/mol. The van der Waals surface area contributed by atoms with Crippen molar-refractivity contribution in [3.8, 4) is 11.5 Å². The van der Waals surface area contributed by atoms with E-state index in [9.17, 15) is 9.59 Å². The molecule has 40 heavy (non-hydrogen) atoms. The van der Waals surface area contributed by atoms with Gasteiger partial charge in [0.2, 0.25) is 0 Å². The van der Waals surface area contributed by atoms with Gasteiger partial charge in [0, 0.05) is 18.0 Å². The lowest BCUT2D eigenvalue weighted by atomic mass is 9.72. The molecule has 1 aliphatic heterocycles. The summed E-state index contributed by atoms with van der Waals surface area (Å²) in [5.41, 5.74) is 8.85. The number of carbonyl (C=O) groups is 2. The zero-order valence-corrected chi connectivity index (χ0v) is 24.2. The Bertz CT molecular complexity index is 1120. The van der Waals surface area contributed by atoms with Gasteiger partial charge in [0.1, 0.15) is 0 Å². The second-order valence-electron chi connectivity index (χ2n) is 11.9. The van der Waals surface area contributed by atoms with Crippen LogP contribution in [0.25, 0.3) is 0 Å². The summed E-state index contributed by atoms with van der Waals surface area (Å²) in [6.07, 6.45) is 9.96. The summed E-state index contributed by atoms with van der Waals surface area (Å²) >= 11 is 0. The first-order valence-electron chi connectivity index (χ1n) is 14.8. The highest BCUT2D eigenvalue weighted by atomic mass is 16.5. The van der Waals surface area contributed by atoms with Crippen molar-refractivity contribution in [2.75, 3.05) is 33.9 Å². The molecule has 0 spiro atoms. The summed E-state index contributed by atoms with van der Waals surface area (Å²) in [6.45, 7) is 3.80. The van der Waals surface area contributed by atoms with Gasteiger partial charge < -0.3 is 20.3 Å². The third-order valence-electron chi connectivity index (χ3n) is 9.16. The number of carboxylic acid groups (broad SMARTS) is 1. The minimum absolute atomic E-state index is 0.0793. The Balaban J connectivity index is 0.000000259. The van der Waals surface area contributed by atoms with Crippen LogP contribution < -0.4 is 15.2 Å². The van der Waals surface area contributed by atoms with E-state index < -0.39 is 5.97 Å². The number of fused-ring (bicyclic) bond motifs is 1. The standard InChI is InChI=1S/C24H29NO3.C9H17NO2/c1-27-22-14-19-13-20(24(26)21(19)15-23(22)28-2)12-17-8-10-25(11-9-17)16-18-6-4-3-5-7-18;10-7-9(6-8(11)12)4-2-1-3-5-9/h3-7,14-15,17,20H,8-13,16H2,1-2H3;1-7,10H2,(H,11,12). The molecule has 2 aromatic rings. The fourth-order valence-corrected chi connectivity index (χ4v) is 6.79. The minimum Gasteiger partial charge on any atom is -0.493 e. The molecule has 0 radical (unpaired) electrons. The number of likely N-dealkylation sites (tertiary alicyclic amines) is 1.